The quantitative estimate of drug-likeness (QED) is 0.425. The van der Waals surface area contributed by atoms with Gasteiger partial charge in [0.2, 0.25) is 10.5 Å². The van der Waals surface area contributed by atoms with Crippen LogP contribution in [0.4, 0.5) is 0 Å². The number of rotatable bonds is 13. The average Bonchev–Trinajstić information content (AvgIpc) is 2.59. The second-order valence-electron chi connectivity index (χ2n) is 5.30. The minimum atomic E-state index is -1.60. The van der Waals surface area contributed by atoms with Crippen LogP contribution in [0, 0.1) is 0 Å². The largest absolute Gasteiger partial charge is 0.413 e. The van der Waals surface area contributed by atoms with Crippen molar-refractivity contribution in [2.24, 2.45) is 0 Å². The Morgan fingerprint density at radius 3 is 0.917 bits per heavy atom. The van der Waals surface area contributed by atoms with Gasteiger partial charge in [0, 0.05) is 59.3 Å². The third-order valence-corrected chi connectivity index (χ3v) is 10.7. The minimum absolute atomic E-state index is 0.0596. The first kappa shape index (κ1) is 24.6. The van der Waals surface area contributed by atoms with E-state index < -0.39 is 33.5 Å². The second kappa shape index (κ2) is 12.1. The van der Waals surface area contributed by atoms with Gasteiger partial charge in [-0.15, -0.1) is 0 Å². The Balaban J connectivity index is 6.09. The molecule has 0 amide bonds. The van der Waals surface area contributed by atoms with E-state index in [-0.39, 0.29) is 16.6 Å². The van der Waals surface area contributed by atoms with Crippen LogP contribution in [-0.2, 0) is 31.0 Å². The van der Waals surface area contributed by atoms with Crippen LogP contribution in [0.1, 0.15) is 20.8 Å². The SMILES string of the molecule is CO[Si](OC)C(C)C(O[Si])(C(C)[Si](OC)OC)C(C)[Si](OC)OC. The molecule has 0 aromatic rings. The number of hydrogen-bond donors (Lipinski definition) is 0. The Kier molecular flexibility index (Phi) is 12.4. The molecule has 0 aliphatic heterocycles. The van der Waals surface area contributed by atoms with Gasteiger partial charge in [-0.1, -0.05) is 20.8 Å². The molecule has 0 fully saturated rings. The van der Waals surface area contributed by atoms with E-state index in [0.29, 0.717) is 0 Å². The van der Waals surface area contributed by atoms with Gasteiger partial charge in [-0.25, -0.2) is 0 Å². The van der Waals surface area contributed by atoms with Crippen LogP contribution in [0.25, 0.3) is 0 Å². The van der Waals surface area contributed by atoms with Crippen molar-refractivity contribution in [2.45, 2.75) is 43.0 Å². The molecular weight excluding hydrogens is 380 g/mol. The molecule has 0 rings (SSSR count). The lowest BCUT2D eigenvalue weighted by molar-refractivity contribution is 0.0287. The summed E-state index contributed by atoms with van der Waals surface area (Å²) < 4.78 is 39.6. The van der Waals surface area contributed by atoms with Gasteiger partial charge in [0.25, 0.3) is 0 Å². The predicted octanol–water partition coefficient (Wildman–Crippen LogP) is 1.34. The van der Waals surface area contributed by atoms with Gasteiger partial charge in [0.1, 0.15) is 0 Å². The third-order valence-electron chi connectivity index (χ3n) is 4.47. The summed E-state index contributed by atoms with van der Waals surface area (Å²) in [4.78, 5) is 0. The molecule has 0 aliphatic rings. The maximum Gasteiger partial charge on any atom is 0.390 e. The highest BCUT2D eigenvalue weighted by Crippen LogP contribution is 2.50. The Morgan fingerprint density at radius 2 is 0.792 bits per heavy atom. The molecule has 7 nitrogen and oxygen atoms in total. The fourth-order valence-electron chi connectivity index (χ4n) is 3.25. The van der Waals surface area contributed by atoms with E-state index in [9.17, 15) is 0 Å². The molecule has 11 heteroatoms. The molecule has 0 heterocycles. The monoisotopic (exact) mass is 410 g/mol. The molecule has 0 aliphatic carbocycles. The highest BCUT2D eigenvalue weighted by molar-refractivity contribution is 6.52. The van der Waals surface area contributed by atoms with Crippen molar-refractivity contribution < 1.29 is 31.0 Å². The van der Waals surface area contributed by atoms with Crippen molar-refractivity contribution >= 4 is 38.3 Å². The maximum atomic E-state index is 5.98. The summed E-state index contributed by atoms with van der Waals surface area (Å²) in [6.07, 6.45) is 0. The van der Waals surface area contributed by atoms with E-state index in [2.05, 4.69) is 31.3 Å². The van der Waals surface area contributed by atoms with E-state index in [0.717, 1.165) is 0 Å². The molecule has 0 bridgehead atoms. The molecule has 24 heavy (non-hydrogen) atoms. The standard InChI is InChI=1S/C13H30O7Si4/c1-10(22(14-4)15-5)13(20-21,11(2)23(16-6)17-7)12(3)24(18-8)19-9/h10-12H,1-9H3. The van der Waals surface area contributed by atoms with Crippen LogP contribution in [0.15, 0.2) is 0 Å². The summed E-state index contributed by atoms with van der Waals surface area (Å²) >= 11 is 0. The molecule has 0 spiro atoms. The van der Waals surface area contributed by atoms with Crippen molar-refractivity contribution in [3.8, 4) is 0 Å². The van der Waals surface area contributed by atoms with Crippen LogP contribution < -0.4 is 0 Å². The topological polar surface area (TPSA) is 64.6 Å². The summed E-state index contributed by atoms with van der Waals surface area (Å²) in [6, 6.07) is 0. The zero-order valence-electron chi connectivity index (χ0n) is 16.1. The van der Waals surface area contributed by atoms with Crippen molar-refractivity contribution in [3.05, 3.63) is 0 Å². The normalized spacial score (nSPS) is 18.9. The third kappa shape index (κ3) is 5.07. The van der Waals surface area contributed by atoms with Gasteiger partial charge >= 0.3 is 27.9 Å². The summed E-state index contributed by atoms with van der Waals surface area (Å²) in [6.45, 7) is 6.18. The van der Waals surface area contributed by atoms with Crippen LogP contribution in [0.2, 0.25) is 16.6 Å². The highest BCUT2D eigenvalue weighted by Gasteiger charge is 2.57. The van der Waals surface area contributed by atoms with Gasteiger partial charge in [-0.05, 0) is 0 Å². The smallest absolute Gasteiger partial charge is 0.390 e. The van der Waals surface area contributed by atoms with Gasteiger partial charge < -0.3 is 31.0 Å². The summed E-state index contributed by atoms with van der Waals surface area (Å²) in [7, 11) is 8.43. The molecule has 0 saturated carbocycles. The Bertz CT molecular complexity index is 282. The van der Waals surface area contributed by atoms with Gasteiger partial charge in [0.05, 0.1) is 5.60 Å². The van der Waals surface area contributed by atoms with E-state index in [1.54, 1.807) is 42.7 Å². The summed E-state index contributed by atoms with van der Waals surface area (Å²) in [5.74, 6) is 0. The average molecular weight is 411 g/mol. The van der Waals surface area contributed by atoms with Crippen LogP contribution in [0.3, 0.4) is 0 Å². The van der Waals surface area contributed by atoms with Crippen molar-refractivity contribution in [3.63, 3.8) is 0 Å². The van der Waals surface area contributed by atoms with Crippen LogP contribution >= 0.6 is 0 Å². The van der Waals surface area contributed by atoms with E-state index in [1.165, 1.54) is 0 Å². The first-order chi connectivity index (χ1) is 11.4. The van der Waals surface area contributed by atoms with E-state index >= 15 is 0 Å². The lowest BCUT2D eigenvalue weighted by atomic mass is 9.92. The zero-order chi connectivity index (χ0) is 18.9. The Morgan fingerprint density at radius 1 is 0.583 bits per heavy atom. The van der Waals surface area contributed by atoms with Crippen LogP contribution in [0.5, 0.6) is 0 Å². The van der Waals surface area contributed by atoms with Gasteiger partial charge in [0.15, 0.2) is 0 Å². The number of hydrogen-bond acceptors (Lipinski definition) is 7. The van der Waals surface area contributed by atoms with E-state index in [1.807, 2.05) is 0 Å². The van der Waals surface area contributed by atoms with E-state index in [4.69, 9.17) is 31.0 Å². The predicted molar refractivity (Wildman–Crippen MR) is 97.2 cm³/mol. The lowest BCUT2D eigenvalue weighted by Gasteiger charge is -2.49. The zero-order valence-corrected chi connectivity index (χ0v) is 20.1. The molecule has 140 valence electrons. The molecule has 0 aromatic heterocycles. The molecule has 0 N–H and O–H groups in total. The Hall–Kier alpha value is 0.588. The van der Waals surface area contributed by atoms with Crippen molar-refractivity contribution in [1.82, 2.24) is 0 Å². The van der Waals surface area contributed by atoms with Gasteiger partial charge in [-0.2, -0.15) is 0 Å². The summed E-state index contributed by atoms with van der Waals surface area (Å²) in [5, 5.41) is 0. The molecule has 6 radical (unpaired) electrons. The van der Waals surface area contributed by atoms with Gasteiger partial charge in [-0.3, -0.25) is 0 Å². The Labute approximate surface area is 155 Å². The molecular formula is C13H30O7Si4. The second-order valence-corrected chi connectivity index (χ2v) is 12.5. The first-order valence-electron chi connectivity index (χ1n) is 7.55. The molecule has 0 saturated heterocycles. The first-order valence-corrected chi connectivity index (χ1v) is 12.1. The van der Waals surface area contributed by atoms with Crippen LogP contribution in [-0.4, -0.2) is 86.6 Å². The molecule has 3 unspecified atom stereocenters. The fourth-order valence-corrected chi connectivity index (χ4v) is 10.0. The maximum absolute atomic E-state index is 5.98. The fraction of sp³-hybridized carbons (Fsp3) is 1.00. The molecule has 3 atom stereocenters. The van der Waals surface area contributed by atoms with Crippen molar-refractivity contribution in [1.29, 1.82) is 0 Å². The molecule has 0 aromatic carbocycles. The van der Waals surface area contributed by atoms with Crippen molar-refractivity contribution in [2.75, 3.05) is 42.7 Å². The summed E-state index contributed by atoms with van der Waals surface area (Å²) in [5.41, 5.74) is -0.889. The lowest BCUT2D eigenvalue weighted by Crippen LogP contribution is -2.57. The highest BCUT2D eigenvalue weighted by atomic mass is 28.3. The minimum Gasteiger partial charge on any atom is -0.413 e.